The summed E-state index contributed by atoms with van der Waals surface area (Å²) in [5, 5.41) is 3.83. The van der Waals surface area contributed by atoms with E-state index in [2.05, 4.69) is 82.9 Å². The number of para-hydroxylation sites is 1. The third-order valence-electron chi connectivity index (χ3n) is 5.66. The van der Waals surface area contributed by atoms with E-state index in [4.69, 9.17) is 0 Å². The lowest BCUT2D eigenvalue weighted by atomic mass is 9.64. The van der Waals surface area contributed by atoms with E-state index in [-0.39, 0.29) is 5.41 Å². The zero-order valence-corrected chi connectivity index (χ0v) is 15.3. The fraction of sp³-hybridized carbons (Fsp3) is 0.700. The van der Waals surface area contributed by atoms with E-state index in [1.807, 2.05) is 0 Å². The first-order valence-electron chi connectivity index (χ1n) is 8.77. The smallest absolute Gasteiger partial charge is 0.0870 e. The summed E-state index contributed by atoms with van der Waals surface area (Å²) in [6, 6.07) is 9.53. The molecule has 1 saturated heterocycles. The number of rotatable bonds is 1. The number of likely N-dealkylation sites (N-methyl/N-ethyl adjacent to an activating group) is 1. The van der Waals surface area contributed by atoms with Crippen LogP contribution in [0.25, 0.3) is 0 Å². The van der Waals surface area contributed by atoms with Gasteiger partial charge in [-0.3, -0.25) is 4.90 Å². The van der Waals surface area contributed by atoms with Crippen LogP contribution in [0.1, 0.15) is 59.9 Å². The molecule has 2 heteroatoms. The van der Waals surface area contributed by atoms with Crippen molar-refractivity contribution in [2.75, 3.05) is 11.9 Å². The van der Waals surface area contributed by atoms with Gasteiger partial charge in [-0.15, -0.1) is 0 Å². The molecule has 0 bridgehead atoms. The summed E-state index contributed by atoms with van der Waals surface area (Å²) >= 11 is 0. The highest BCUT2D eigenvalue weighted by molar-refractivity contribution is 5.60. The highest BCUT2D eigenvalue weighted by Crippen LogP contribution is 2.58. The number of hydrogen-bond donors (Lipinski definition) is 1. The van der Waals surface area contributed by atoms with Crippen LogP contribution in [-0.2, 0) is 0 Å². The van der Waals surface area contributed by atoms with Crippen molar-refractivity contribution in [3.05, 3.63) is 29.8 Å². The molecule has 0 amide bonds. The van der Waals surface area contributed by atoms with Gasteiger partial charge in [0.1, 0.15) is 0 Å². The van der Waals surface area contributed by atoms with Crippen molar-refractivity contribution in [1.82, 2.24) is 4.90 Å². The molecule has 1 aromatic carbocycles. The van der Waals surface area contributed by atoms with Gasteiger partial charge in [0.25, 0.3) is 0 Å². The van der Waals surface area contributed by atoms with Crippen molar-refractivity contribution < 1.29 is 0 Å². The Balaban J connectivity index is 2.13. The fourth-order valence-electron chi connectivity index (χ4n) is 5.03. The minimum Gasteiger partial charge on any atom is -0.369 e. The normalized spacial score (nSPS) is 31.8. The van der Waals surface area contributed by atoms with Gasteiger partial charge in [0, 0.05) is 17.6 Å². The van der Waals surface area contributed by atoms with E-state index >= 15 is 0 Å². The standard InChI is InChI=1S/C20H32N2/c1-8-22-17(20(5,6)7)16(19(2,3)4)15-13-11-9-10-12-14(13)21-18(15)22/h9-12,15-18,21H,8H2,1-7H3. The molecule has 2 heterocycles. The maximum atomic E-state index is 3.83. The third kappa shape index (κ3) is 2.27. The molecular weight excluding hydrogens is 268 g/mol. The van der Waals surface area contributed by atoms with Gasteiger partial charge in [-0.05, 0) is 34.9 Å². The topological polar surface area (TPSA) is 15.3 Å². The van der Waals surface area contributed by atoms with Crippen LogP contribution in [0.15, 0.2) is 24.3 Å². The molecular formula is C20H32N2. The second kappa shape index (κ2) is 4.99. The molecule has 0 aliphatic carbocycles. The monoisotopic (exact) mass is 300 g/mol. The lowest BCUT2D eigenvalue weighted by Gasteiger charge is -2.44. The van der Waals surface area contributed by atoms with Gasteiger partial charge in [0.05, 0.1) is 6.17 Å². The Morgan fingerprint density at radius 3 is 2.18 bits per heavy atom. The van der Waals surface area contributed by atoms with Crippen molar-refractivity contribution in [3.63, 3.8) is 0 Å². The molecule has 4 unspecified atom stereocenters. The first-order chi connectivity index (χ1) is 10.2. The van der Waals surface area contributed by atoms with Gasteiger partial charge in [-0.25, -0.2) is 0 Å². The number of likely N-dealkylation sites (tertiary alicyclic amines) is 1. The van der Waals surface area contributed by atoms with E-state index in [0.29, 0.717) is 29.5 Å². The van der Waals surface area contributed by atoms with Crippen molar-refractivity contribution in [2.24, 2.45) is 16.7 Å². The van der Waals surface area contributed by atoms with Crippen LogP contribution in [0.4, 0.5) is 5.69 Å². The van der Waals surface area contributed by atoms with E-state index in [1.54, 1.807) is 0 Å². The molecule has 22 heavy (non-hydrogen) atoms. The molecule has 0 spiro atoms. The largest absolute Gasteiger partial charge is 0.369 e. The maximum Gasteiger partial charge on any atom is 0.0870 e. The molecule has 0 radical (unpaired) electrons. The highest BCUT2D eigenvalue weighted by Gasteiger charge is 2.58. The van der Waals surface area contributed by atoms with Crippen molar-refractivity contribution in [2.45, 2.75) is 66.6 Å². The predicted molar refractivity (Wildman–Crippen MR) is 95.2 cm³/mol. The van der Waals surface area contributed by atoms with Gasteiger partial charge in [-0.1, -0.05) is 66.7 Å². The van der Waals surface area contributed by atoms with E-state index in [1.165, 1.54) is 11.3 Å². The van der Waals surface area contributed by atoms with Gasteiger partial charge >= 0.3 is 0 Å². The van der Waals surface area contributed by atoms with Gasteiger partial charge < -0.3 is 5.32 Å². The Kier molecular flexibility index (Phi) is 3.60. The van der Waals surface area contributed by atoms with Gasteiger partial charge in [-0.2, -0.15) is 0 Å². The summed E-state index contributed by atoms with van der Waals surface area (Å²) in [4.78, 5) is 2.72. The summed E-state index contributed by atoms with van der Waals surface area (Å²) in [6.45, 7) is 17.9. The number of nitrogens with one attached hydrogen (secondary N) is 1. The summed E-state index contributed by atoms with van der Waals surface area (Å²) in [7, 11) is 0. The van der Waals surface area contributed by atoms with Crippen LogP contribution in [0.3, 0.4) is 0 Å². The second-order valence-electron chi connectivity index (χ2n) is 9.24. The van der Waals surface area contributed by atoms with Crippen LogP contribution in [-0.4, -0.2) is 23.7 Å². The predicted octanol–water partition coefficient (Wildman–Crippen LogP) is 4.93. The summed E-state index contributed by atoms with van der Waals surface area (Å²) in [5.41, 5.74) is 3.45. The number of hydrogen-bond acceptors (Lipinski definition) is 2. The van der Waals surface area contributed by atoms with Crippen molar-refractivity contribution in [3.8, 4) is 0 Å². The van der Waals surface area contributed by atoms with E-state index < -0.39 is 0 Å². The van der Waals surface area contributed by atoms with Crippen LogP contribution in [0.5, 0.6) is 0 Å². The zero-order valence-electron chi connectivity index (χ0n) is 15.3. The number of anilines is 1. The maximum absolute atomic E-state index is 3.83. The van der Waals surface area contributed by atoms with Crippen molar-refractivity contribution in [1.29, 1.82) is 0 Å². The van der Waals surface area contributed by atoms with E-state index in [0.717, 1.165) is 6.54 Å². The minimum atomic E-state index is 0.287. The Bertz CT molecular complexity index is 550. The van der Waals surface area contributed by atoms with Gasteiger partial charge in [0.2, 0.25) is 0 Å². The fourth-order valence-corrected chi connectivity index (χ4v) is 5.03. The molecule has 2 aliphatic heterocycles. The third-order valence-corrected chi connectivity index (χ3v) is 5.66. The summed E-state index contributed by atoms with van der Waals surface area (Å²) in [5.74, 6) is 1.26. The first-order valence-corrected chi connectivity index (χ1v) is 8.77. The molecule has 1 N–H and O–H groups in total. The minimum absolute atomic E-state index is 0.287. The second-order valence-corrected chi connectivity index (χ2v) is 9.24. The molecule has 0 aromatic heterocycles. The molecule has 2 aliphatic rings. The zero-order chi connectivity index (χ0) is 16.3. The van der Waals surface area contributed by atoms with Crippen LogP contribution >= 0.6 is 0 Å². The number of nitrogens with zero attached hydrogens (tertiary/aromatic N) is 1. The highest BCUT2D eigenvalue weighted by atomic mass is 15.3. The van der Waals surface area contributed by atoms with Crippen LogP contribution < -0.4 is 5.32 Å². The number of fused-ring (bicyclic) bond motifs is 3. The summed E-state index contributed by atoms with van der Waals surface area (Å²) in [6.07, 6.45) is 0.454. The molecule has 3 rings (SSSR count). The average molecular weight is 300 g/mol. The van der Waals surface area contributed by atoms with Crippen LogP contribution in [0.2, 0.25) is 0 Å². The summed E-state index contributed by atoms with van der Waals surface area (Å²) < 4.78 is 0. The lowest BCUT2D eigenvalue weighted by molar-refractivity contribution is 0.0580. The molecule has 1 fully saturated rings. The Morgan fingerprint density at radius 2 is 1.64 bits per heavy atom. The van der Waals surface area contributed by atoms with Gasteiger partial charge in [0.15, 0.2) is 0 Å². The lowest BCUT2D eigenvalue weighted by Crippen LogP contribution is -2.49. The first kappa shape index (κ1) is 15.9. The molecule has 122 valence electrons. The van der Waals surface area contributed by atoms with Crippen LogP contribution in [0, 0.1) is 16.7 Å². The Hall–Kier alpha value is -1.02. The Morgan fingerprint density at radius 1 is 1.00 bits per heavy atom. The molecule has 2 nitrogen and oxygen atoms in total. The number of benzene rings is 1. The van der Waals surface area contributed by atoms with Crippen molar-refractivity contribution >= 4 is 5.69 Å². The SMILES string of the molecule is CCN1C2Nc3ccccc3C2C(C(C)(C)C)C1C(C)(C)C. The molecule has 0 saturated carbocycles. The molecule has 4 atom stereocenters. The average Bonchev–Trinajstić information content (AvgIpc) is 2.90. The molecule has 1 aromatic rings. The van der Waals surface area contributed by atoms with E-state index in [9.17, 15) is 0 Å². The Labute approximate surface area is 136 Å². The quantitative estimate of drug-likeness (QED) is 0.790.